The first-order valence-corrected chi connectivity index (χ1v) is 14.3. The number of nitrogens with one attached hydrogen (secondary N) is 1. The number of methoxy groups -OCH3 is 2. The molecule has 12 nitrogen and oxygen atoms in total. The topological polar surface area (TPSA) is 148 Å². The van der Waals surface area contributed by atoms with Gasteiger partial charge in [-0.2, -0.15) is 0 Å². The molecule has 0 radical (unpaired) electrons. The monoisotopic (exact) mass is 564 g/mol. The molecule has 1 N–H and O–H groups in total. The summed E-state index contributed by atoms with van der Waals surface area (Å²) >= 11 is 0. The van der Waals surface area contributed by atoms with Crippen LogP contribution < -0.4 is 19.1 Å². The van der Waals surface area contributed by atoms with E-state index in [1.807, 2.05) is 6.92 Å². The van der Waals surface area contributed by atoms with Crippen LogP contribution in [0, 0.1) is 10.1 Å². The van der Waals surface area contributed by atoms with Crippen LogP contribution in [0.2, 0.25) is 0 Å². The van der Waals surface area contributed by atoms with Crippen molar-refractivity contribution in [2.45, 2.75) is 45.7 Å². The van der Waals surface area contributed by atoms with Crippen molar-refractivity contribution in [3.05, 3.63) is 58.1 Å². The third kappa shape index (κ3) is 8.57. The van der Waals surface area contributed by atoms with E-state index in [1.165, 1.54) is 31.3 Å². The predicted molar refractivity (Wildman–Crippen MR) is 147 cm³/mol. The Morgan fingerprint density at radius 3 is 2.26 bits per heavy atom. The summed E-state index contributed by atoms with van der Waals surface area (Å²) in [6, 6.07) is 9.53. The van der Waals surface area contributed by atoms with Crippen molar-refractivity contribution in [3.63, 3.8) is 0 Å². The molecule has 0 saturated carbocycles. The fraction of sp³-hybridized carbons (Fsp3) is 0.462. The predicted octanol–water partition coefficient (Wildman–Crippen LogP) is 3.10. The van der Waals surface area contributed by atoms with E-state index in [2.05, 4.69) is 5.32 Å². The molecule has 2 aromatic carbocycles. The second-order valence-corrected chi connectivity index (χ2v) is 10.7. The average Bonchev–Trinajstić information content (AvgIpc) is 2.90. The standard InChI is InChI=1S/C26H36N4O8S/c1-6-8-15-27-26(32)22(7-2)28(17-19-9-12-21(37-3)13-10-19)25(31)18-29(39(5,35)36)23-16-20(30(33)34)11-14-24(23)38-4/h9-14,16,22H,6-8,15,17-18H2,1-5H3,(H,27,32)/t22-/m0/s1. The van der Waals surface area contributed by atoms with Crippen molar-refractivity contribution in [2.24, 2.45) is 0 Å². The molecule has 39 heavy (non-hydrogen) atoms. The maximum Gasteiger partial charge on any atom is 0.271 e. The smallest absolute Gasteiger partial charge is 0.271 e. The van der Waals surface area contributed by atoms with Gasteiger partial charge in [-0.25, -0.2) is 8.42 Å². The van der Waals surface area contributed by atoms with E-state index in [4.69, 9.17) is 9.47 Å². The normalized spacial score (nSPS) is 11.8. The largest absolute Gasteiger partial charge is 0.497 e. The number of sulfonamides is 1. The Kier molecular flexibility index (Phi) is 11.5. The molecular formula is C26H36N4O8S. The number of unbranched alkanes of at least 4 members (excludes halogenated alkanes) is 1. The molecule has 0 aromatic heterocycles. The highest BCUT2D eigenvalue weighted by Gasteiger charge is 2.33. The number of carbonyl (C=O) groups excluding carboxylic acids is 2. The van der Waals surface area contributed by atoms with Crippen molar-refractivity contribution in [1.82, 2.24) is 10.2 Å². The molecule has 0 unspecified atom stereocenters. The number of hydrogen-bond acceptors (Lipinski definition) is 8. The number of carbonyl (C=O) groups is 2. The number of nitro groups is 1. The van der Waals surface area contributed by atoms with Crippen LogP contribution in [-0.4, -0.2) is 69.7 Å². The van der Waals surface area contributed by atoms with E-state index in [1.54, 1.807) is 31.2 Å². The van der Waals surface area contributed by atoms with E-state index in [9.17, 15) is 28.1 Å². The van der Waals surface area contributed by atoms with Crippen LogP contribution in [0.1, 0.15) is 38.7 Å². The first kappa shape index (κ1) is 31.3. The third-order valence-corrected chi connectivity index (χ3v) is 7.18. The molecule has 13 heteroatoms. The maximum absolute atomic E-state index is 13.8. The molecule has 214 valence electrons. The third-order valence-electron chi connectivity index (χ3n) is 6.05. The minimum Gasteiger partial charge on any atom is -0.497 e. The number of nitro benzene ring substituents is 1. The van der Waals surface area contributed by atoms with Gasteiger partial charge < -0.3 is 19.7 Å². The fourth-order valence-electron chi connectivity index (χ4n) is 3.93. The number of ether oxygens (including phenoxy) is 2. The first-order valence-electron chi connectivity index (χ1n) is 12.5. The number of anilines is 1. The highest BCUT2D eigenvalue weighted by atomic mass is 32.2. The number of benzene rings is 2. The van der Waals surface area contributed by atoms with Crippen molar-refractivity contribution in [3.8, 4) is 11.5 Å². The Morgan fingerprint density at radius 2 is 1.74 bits per heavy atom. The lowest BCUT2D eigenvalue weighted by Crippen LogP contribution is -2.52. The van der Waals surface area contributed by atoms with Gasteiger partial charge in [0.2, 0.25) is 21.8 Å². The minimum absolute atomic E-state index is 0.0200. The average molecular weight is 565 g/mol. The van der Waals surface area contributed by atoms with Gasteiger partial charge in [-0.15, -0.1) is 0 Å². The maximum atomic E-state index is 13.8. The molecule has 0 aliphatic carbocycles. The molecule has 0 spiro atoms. The molecule has 2 aromatic rings. The van der Waals surface area contributed by atoms with Crippen molar-refractivity contribution >= 4 is 33.2 Å². The molecule has 2 rings (SSSR count). The van der Waals surface area contributed by atoms with Gasteiger partial charge in [-0.3, -0.25) is 24.0 Å². The molecule has 0 aliphatic heterocycles. The molecule has 2 amide bonds. The van der Waals surface area contributed by atoms with E-state index in [-0.39, 0.29) is 36.0 Å². The van der Waals surface area contributed by atoms with Crippen molar-refractivity contribution in [2.75, 3.05) is 37.9 Å². The zero-order chi connectivity index (χ0) is 29.2. The van der Waals surface area contributed by atoms with Crippen molar-refractivity contribution in [1.29, 1.82) is 0 Å². The second-order valence-electron chi connectivity index (χ2n) is 8.82. The van der Waals surface area contributed by atoms with Gasteiger partial charge in [0.1, 0.15) is 29.8 Å². The lowest BCUT2D eigenvalue weighted by atomic mass is 10.1. The summed E-state index contributed by atoms with van der Waals surface area (Å²) in [4.78, 5) is 38.9. The van der Waals surface area contributed by atoms with Crippen LogP contribution in [0.25, 0.3) is 0 Å². The quantitative estimate of drug-likeness (QED) is 0.197. The Bertz CT molecular complexity index is 1250. The zero-order valence-corrected chi connectivity index (χ0v) is 23.7. The number of hydrogen-bond donors (Lipinski definition) is 1. The number of rotatable bonds is 15. The Morgan fingerprint density at radius 1 is 1.08 bits per heavy atom. The summed E-state index contributed by atoms with van der Waals surface area (Å²) in [5.74, 6) is -0.374. The Labute approximate surface area is 229 Å². The van der Waals surface area contributed by atoms with Gasteiger partial charge in [0.25, 0.3) is 5.69 Å². The molecule has 0 aliphatic rings. The van der Waals surface area contributed by atoms with Crippen LogP contribution in [-0.2, 0) is 26.2 Å². The summed E-state index contributed by atoms with van der Waals surface area (Å²) in [7, 11) is -1.29. The summed E-state index contributed by atoms with van der Waals surface area (Å²) in [6.45, 7) is 3.51. The first-order chi connectivity index (χ1) is 18.5. The van der Waals surface area contributed by atoms with E-state index in [0.29, 0.717) is 17.9 Å². The minimum atomic E-state index is -4.11. The Hall–Kier alpha value is -3.87. The summed E-state index contributed by atoms with van der Waals surface area (Å²) in [6.07, 6.45) is 2.81. The highest BCUT2D eigenvalue weighted by Crippen LogP contribution is 2.34. The lowest BCUT2D eigenvalue weighted by molar-refractivity contribution is -0.384. The number of nitrogens with zero attached hydrogens (tertiary/aromatic N) is 3. The SMILES string of the molecule is CCCCNC(=O)[C@H](CC)N(Cc1ccc(OC)cc1)C(=O)CN(c1cc([N+](=O)[O-])ccc1OC)S(C)(=O)=O. The van der Waals surface area contributed by atoms with Crippen molar-refractivity contribution < 1.29 is 32.4 Å². The summed E-state index contributed by atoms with van der Waals surface area (Å²) in [5.41, 5.74) is 0.166. The summed E-state index contributed by atoms with van der Waals surface area (Å²) < 4.78 is 36.9. The van der Waals surface area contributed by atoms with Gasteiger partial charge in [0.15, 0.2) is 0 Å². The van der Waals surface area contributed by atoms with E-state index >= 15 is 0 Å². The van der Waals surface area contributed by atoms with E-state index in [0.717, 1.165) is 29.5 Å². The van der Waals surface area contributed by atoms with E-state index < -0.39 is 33.4 Å². The fourth-order valence-corrected chi connectivity index (χ4v) is 4.78. The molecule has 1 atom stereocenters. The number of amides is 2. The zero-order valence-electron chi connectivity index (χ0n) is 22.9. The number of non-ortho nitro benzene ring substituents is 1. The molecular weight excluding hydrogens is 528 g/mol. The molecule has 0 heterocycles. The molecule has 0 saturated heterocycles. The lowest BCUT2D eigenvalue weighted by Gasteiger charge is -2.33. The molecule has 0 fully saturated rings. The molecule has 0 bridgehead atoms. The van der Waals surface area contributed by atoms with Gasteiger partial charge in [0, 0.05) is 25.2 Å². The van der Waals surface area contributed by atoms with Gasteiger partial charge >= 0.3 is 0 Å². The van der Waals surface area contributed by atoms with Crippen LogP contribution >= 0.6 is 0 Å². The van der Waals surface area contributed by atoms with Gasteiger partial charge in [-0.1, -0.05) is 32.4 Å². The van der Waals surface area contributed by atoms with Crippen LogP contribution in [0.4, 0.5) is 11.4 Å². The highest BCUT2D eigenvalue weighted by molar-refractivity contribution is 7.92. The van der Waals surface area contributed by atoms with Gasteiger partial charge in [-0.05, 0) is 36.6 Å². The van der Waals surface area contributed by atoms with Crippen LogP contribution in [0.5, 0.6) is 11.5 Å². The second kappa shape index (κ2) is 14.3. The van der Waals surface area contributed by atoms with Crippen LogP contribution in [0.15, 0.2) is 42.5 Å². The van der Waals surface area contributed by atoms with Crippen LogP contribution in [0.3, 0.4) is 0 Å². The Balaban J connectivity index is 2.52. The summed E-state index contributed by atoms with van der Waals surface area (Å²) in [5, 5.41) is 14.2. The van der Waals surface area contributed by atoms with Gasteiger partial charge in [0.05, 0.1) is 25.4 Å².